The van der Waals surface area contributed by atoms with Crippen LogP contribution in [-0.2, 0) is 20.2 Å². The normalized spacial score (nSPS) is 11.9. The molecule has 0 radical (unpaired) electrons. The fraction of sp³-hybridized carbons (Fsp3) is 0.139. The first-order chi connectivity index (χ1) is 22.1. The largest absolute Gasteiger partial charge is 1.00 e. The summed E-state index contributed by atoms with van der Waals surface area (Å²) in [7, 11) is -8.66. The van der Waals surface area contributed by atoms with Gasteiger partial charge >= 0.3 is 29.6 Å². The van der Waals surface area contributed by atoms with Crippen LogP contribution in [0.15, 0.2) is 111 Å². The van der Waals surface area contributed by atoms with E-state index in [1.807, 2.05) is 100 Å². The monoisotopic (exact) mass is 691 g/mol. The topological polar surface area (TPSA) is 152 Å². The summed E-state index contributed by atoms with van der Waals surface area (Å²) in [5.41, 5.74) is 9.20. The fourth-order valence-electron chi connectivity index (χ4n) is 5.47. The van der Waals surface area contributed by atoms with Crippen LogP contribution in [0.1, 0.15) is 22.3 Å². The van der Waals surface area contributed by atoms with Crippen molar-refractivity contribution in [1.82, 2.24) is 0 Å². The van der Waals surface area contributed by atoms with E-state index in [2.05, 4.69) is 5.32 Å². The molecule has 0 atom stereocenters. The molecule has 242 valence electrons. The Morgan fingerprint density at radius 2 is 1.27 bits per heavy atom. The molecule has 0 unspecified atom stereocenters. The van der Waals surface area contributed by atoms with E-state index in [1.54, 1.807) is 18.2 Å². The molecule has 0 spiro atoms. The summed E-state index contributed by atoms with van der Waals surface area (Å²) in [6.45, 7) is 8.14. The van der Waals surface area contributed by atoms with Gasteiger partial charge in [0.2, 0.25) is 0 Å². The number of benzene rings is 5. The van der Waals surface area contributed by atoms with Gasteiger partial charge in [0, 0.05) is 51.8 Å². The molecule has 1 aliphatic carbocycles. The molecule has 2 aliphatic rings. The number of anilines is 2. The standard InChI is InChI=1S/C35H30N2O4S.CH4O3S.Na/c1-21-9-7-10-22(2)34(21)36-25-15-17-27-30(19-25)41-31-20-26(37-35-23(3)11-8-12-24(35)4)16-18-28(31)33(27)29-13-5-6-14-32(29)42(38,39)40;1-5(2,3)4;/h5-20,36H,1-4H3,(H,38,39,40);1H3,(H,2,3,4);/q;;+1/p-2. The Hall–Kier alpha value is -3.81. The van der Waals surface area contributed by atoms with Gasteiger partial charge in [-0.1, -0.05) is 54.6 Å². The second-order valence-electron chi connectivity index (χ2n) is 11.3. The van der Waals surface area contributed by atoms with Crippen molar-refractivity contribution in [3.63, 3.8) is 0 Å². The molecule has 6 rings (SSSR count). The van der Waals surface area contributed by atoms with Crippen molar-refractivity contribution in [2.45, 2.75) is 32.6 Å². The molecule has 0 amide bonds. The summed E-state index contributed by atoms with van der Waals surface area (Å²) < 4.78 is 70.7. The molecule has 1 N–H and O–H groups in total. The molecule has 12 heteroatoms. The van der Waals surface area contributed by atoms with Crippen LogP contribution in [0.25, 0.3) is 33.4 Å². The van der Waals surface area contributed by atoms with Crippen LogP contribution < -0.4 is 40.2 Å². The third-order valence-corrected chi connectivity index (χ3v) is 8.46. The van der Waals surface area contributed by atoms with Crippen molar-refractivity contribution < 1.29 is 59.9 Å². The van der Waals surface area contributed by atoms with Gasteiger partial charge in [-0.15, -0.1) is 0 Å². The van der Waals surface area contributed by atoms with E-state index in [0.29, 0.717) is 45.0 Å². The minimum absolute atomic E-state index is 0. The molecule has 0 fully saturated rings. The zero-order valence-electron chi connectivity index (χ0n) is 27.4. The Bertz CT molecular complexity index is 2360. The average Bonchev–Trinajstić information content (AvgIpc) is 2.98. The van der Waals surface area contributed by atoms with Crippen LogP contribution in [0.2, 0.25) is 0 Å². The Labute approximate surface area is 302 Å². The molecule has 1 aliphatic heterocycles. The molecule has 48 heavy (non-hydrogen) atoms. The minimum atomic E-state index is -4.75. The van der Waals surface area contributed by atoms with Gasteiger partial charge in [0.25, 0.3) is 0 Å². The average molecular weight is 692 g/mol. The van der Waals surface area contributed by atoms with E-state index in [-0.39, 0.29) is 34.5 Å². The zero-order chi connectivity index (χ0) is 34.1. The predicted molar refractivity (Wildman–Crippen MR) is 182 cm³/mol. The van der Waals surface area contributed by atoms with Gasteiger partial charge < -0.3 is 18.8 Å². The van der Waals surface area contributed by atoms with Crippen LogP contribution in [0.3, 0.4) is 0 Å². The molecule has 0 bridgehead atoms. The summed E-state index contributed by atoms with van der Waals surface area (Å²) in [5.74, 6) is 0.521. The van der Waals surface area contributed by atoms with Gasteiger partial charge in [0.15, 0.2) is 0 Å². The van der Waals surface area contributed by atoms with Gasteiger partial charge in [0.1, 0.15) is 21.5 Å². The van der Waals surface area contributed by atoms with Gasteiger partial charge in [-0.25, -0.2) is 21.8 Å². The third kappa shape index (κ3) is 8.61. The third-order valence-electron chi connectivity index (χ3n) is 7.56. The molecule has 1 heterocycles. The summed E-state index contributed by atoms with van der Waals surface area (Å²) in [6, 6.07) is 29.8. The number of hydrogen-bond donors (Lipinski definition) is 1. The molecule has 4 aromatic rings. The second kappa shape index (κ2) is 14.8. The summed E-state index contributed by atoms with van der Waals surface area (Å²) in [6.07, 6.45) is 0.604. The van der Waals surface area contributed by atoms with E-state index in [0.717, 1.165) is 39.3 Å². The van der Waals surface area contributed by atoms with E-state index >= 15 is 0 Å². The molecule has 0 saturated carbocycles. The Morgan fingerprint density at radius 3 is 1.88 bits per heavy atom. The number of fused-ring (bicyclic) bond motifs is 2. The minimum Gasteiger partial charge on any atom is -0.748 e. The van der Waals surface area contributed by atoms with Crippen LogP contribution in [-0.4, -0.2) is 32.2 Å². The molecular weight excluding hydrogens is 660 g/mol. The molecule has 0 aromatic heterocycles. The number of rotatable bonds is 5. The first-order valence-corrected chi connectivity index (χ1v) is 17.7. The quantitative estimate of drug-likeness (QED) is 0.158. The molecule has 4 aromatic carbocycles. The van der Waals surface area contributed by atoms with Crippen molar-refractivity contribution >= 4 is 48.3 Å². The molecule has 9 nitrogen and oxygen atoms in total. The summed E-state index contributed by atoms with van der Waals surface area (Å²) in [5, 5.41) is 4.89. The van der Waals surface area contributed by atoms with Crippen molar-refractivity contribution in [2.75, 3.05) is 11.6 Å². The maximum Gasteiger partial charge on any atom is 1.00 e. The van der Waals surface area contributed by atoms with Gasteiger partial charge in [-0.3, -0.25) is 0 Å². The number of nitrogens with zero attached hydrogens (tertiary/aromatic N) is 1. The van der Waals surface area contributed by atoms with Crippen LogP contribution >= 0.6 is 0 Å². The van der Waals surface area contributed by atoms with Crippen molar-refractivity contribution in [3.8, 4) is 22.5 Å². The van der Waals surface area contributed by atoms with Gasteiger partial charge in [-0.05, 0) is 80.3 Å². The van der Waals surface area contributed by atoms with Crippen molar-refractivity contribution in [3.05, 3.63) is 125 Å². The second-order valence-corrected chi connectivity index (χ2v) is 14.0. The fourth-order valence-corrected chi connectivity index (χ4v) is 6.16. The predicted octanol–water partition coefficient (Wildman–Crippen LogP) is 4.48. The van der Waals surface area contributed by atoms with Crippen LogP contribution in [0.4, 0.5) is 17.1 Å². The van der Waals surface area contributed by atoms with Crippen molar-refractivity contribution in [1.29, 1.82) is 0 Å². The number of para-hydroxylation sites is 2. The number of nitrogens with one attached hydrogen (secondary N) is 1. The summed E-state index contributed by atoms with van der Waals surface area (Å²) >= 11 is 0. The first-order valence-electron chi connectivity index (χ1n) is 14.5. The van der Waals surface area contributed by atoms with E-state index in [4.69, 9.17) is 22.4 Å². The SMILES string of the molecule is CS(=O)(=O)[O-].Cc1cccc(C)c1N=c1ccc2c(-c3ccccc3S(=O)(=O)[O-])c3ccc(Nc4c(C)cccc4C)cc3oc-2c1.[Na+]. The number of hydrogen-bond acceptors (Lipinski definition) is 9. The Morgan fingerprint density at radius 1 is 0.688 bits per heavy atom. The first kappa shape index (κ1) is 37.0. The van der Waals surface area contributed by atoms with Crippen LogP contribution in [0, 0.1) is 27.7 Å². The van der Waals surface area contributed by atoms with Crippen LogP contribution in [0.5, 0.6) is 0 Å². The molecule has 0 saturated heterocycles. The summed E-state index contributed by atoms with van der Waals surface area (Å²) in [4.78, 5) is 4.63. The smallest absolute Gasteiger partial charge is 0.748 e. The van der Waals surface area contributed by atoms with Crippen molar-refractivity contribution in [2.24, 2.45) is 4.99 Å². The Kier molecular flexibility index (Phi) is 11.4. The number of aryl methyl sites for hydroxylation is 4. The zero-order valence-corrected chi connectivity index (χ0v) is 31.0. The molecular formula is C36H32N2NaO7S2-. The van der Waals surface area contributed by atoms with Gasteiger partial charge in [-0.2, -0.15) is 0 Å². The van der Waals surface area contributed by atoms with E-state index in [1.165, 1.54) is 6.07 Å². The van der Waals surface area contributed by atoms with E-state index in [9.17, 15) is 13.0 Å². The van der Waals surface area contributed by atoms with E-state index < -0.39 is 20.2 Å². The maximum absolute atomic E-state index is 12.3. The van der Waals surface area contributed by atoms with Gasteiger partial charge in [0.05, 0.1) is 26.1 Å². The maximum atomic E-state index is 12.3. The Balaban J connectivity index is 0.000000808.